The number of halogens is 1. The van der Waals surface area contributed by atoms with Crippen molar-refractivity contribution in [1.29, 1.82) is 0 Å². The molecule has 0 aromatic heterocycles. The highest BCUT2D eigenvalue weighted by Crippen LogP contribution is 2.02. The van der Waals surface area contributed by atoms with Crippen LogP contribution in [0.1, 0.15) is 0 Å². The van der Waals surface area contributed by atoms with Crippen molar-refractivity contribution in [3.63, 3.8) is 0 Å². The summed E-state index contributed by atoms with van der Waals surface area (Å²) < 4.78 is 5.15. The Labute approximate surface area is 61.3 Å². The van der Waals surface area contributed by atoms with Crippen LogP contribution in [0.15, 0.2) is 0 Å². The van der Waals surface area contributed by atoms with Crippen LogP contribution >= 0.6 is 11.6 Å². The van der Waals surface area contributed by atoms with Crippen molar-refractivity contribution < 1.29 is 9.22 Å². The average molecular weight is 167 g/mol. The summed E-state index contributed by atoms with van der Waals surface area (Å²) in [6, 6.07) is 0. The molecule has 9 heavy (non-hydrogen) atoms. The first kappa shape index (κ1) is 9.14. The van der Waals surface area contributed by atoms with E-state index in [1.165, 1.54) is 0 Å². The van der Waals surface area contributed by atoms with Crippen molar-refractivity contribution in [2.24, 2.45) is 0 Å². The van der Waals surface area contributed by atoms with Gasteiger partial charge in [0.05, 0.1) is 0 Å². The van der Waals surface area contributed by atoms with Crippen molar-refractivity contribution in [2.45, 2.75) is 19.6 Å². The average Bonchev–Trinajstić information content (AvgIpc) is 1.59. The molecular formula is C5H11ClO2Si. The van der Waals surface area contributed by atoms with E-state index in [1.807, 2.05) is 19.6 Å². The summed E-state index contributed by atoms with van der Waals surface area (Å²) in [5.74, 6) is 0. The first-order valence-corrected chi connectivity index (χ1v) is 6.53. The summed E-state index contributed by atoms with van der Waals surface area (Å²) in [6.45, 7) is 6.07. The minimum atomic E-state index is -1.53. The number of carbonyl (C=O) groups is 1. The summed E-state index contributed by atoms with van der Waals surface area (Å²) in [4.78, 5) is 10.2. The summed E-state index contributed by atoms with van der Waals surface area (Å²) in [7, 11) is -1.53. The highest BCUT2D eigenvalue weighted by Gasteiger charge is 2.14. The van der Waals surface area contributed by atoms with Gasteiger partial charge in [-0.2, -0.15) is 0 Å². The van der Waals surface area contributed by atoms with E-state index < -0.39 is 13.6 Å². The molecular weight excluding hydrogens is 156 g/mol. The van der Waals surface area contributed by atoms with Gasteiger partial charge in [-0.25, -0.2) is 0 Å². The van der Waals surface area contributed by atoms with E-state index in [9.17, 15) is 4.79 Å². The molecule has 2 nitrogen and oxygen atoms in total. The van der Waals surface area contributed by atoms with Crippen LogP contribution < -0.4 is 0 Å². The van der Waals surface area contributed by atoms with Crippen molar-refractivity contribution in [3.05, 3.63) is 0 Å². The van der Waals surface area contributed by atoms with Crippen LogP contribution in [0.25, 0.3) is 0 Å². The molecule has 0 aliphatic rings. The van der Waals surface area contributed by atoms with Gasteiger partial charge in [0.25, 0.3) is 0 Å². The van der Waals surface area contributed by atoms with Crippen LogP contribution in [-0.4, -0.2) is 20.2 Å². The molecule has 0 saturated carbocycles. The summed E-state index contributed by atoms with van der Waals surface area (Å²) >= 11 is 5.04. The molecule has 0 aliphatic carbocycles. The molecule has 0 rings (SSSR count). The van der Waals surface area contributed by atoms with Crippen molar-refractivity contribution in [3.8, 4) is 0 Å². The molecule has 0 saturated heterocycles. The maximum Gasteiger partial charge on any atom is 0.246 e. The van der Waals surface area contributed by atoms with E-state index in [1.54, 1.807) is 0 Å². The fourth-order valence-corrected chi connectivity index (χ4v) is 0.983. The Hall–Kier alpha value is 0.137. The predicted molar refractivity (Wildman–Crippen MR) is 40.2 cm³/mol. The first-order chi connectivity index (χ1) is 3.92. The fourth-order valence-electron chi connectivity index (χ4n) is 0.273. The molecule has 0 unspecified atom stereocenters. The maximum atomic E-state index is 10.2. The molecule has 0 aromatic carbocycles. The minimum Gasteiger partial charge on any atom is -0.409 e. The predicted octanol–water partition coefficient (Wildman–Crippen LogP) is 1.60. The number of rotatable bonds is 3. The van der Waals surface area contributed by atoms with E-state index >= 15 is 0 Å². The van der Waals surface area contributed by atoms with E-state index in [2.05, 4.69) is 0 Å². The second kappa shape index (κ2) is 3.34. The zero-order valence-electron chi connectivity index (χ0n) is 5.90. The molecule has 0 radical (unpaired) electrons. The molecule has 54 valence electrons. The summed E-state index contributed by atoms with van der Waals surface area (Å²) in [6.07, 6.45) is 0. The van der Waals surface area contributed by atoms with Crippen molar-refractivity contribution in [1.82, 2.24) is 0 Å². The van der Waals surface area contributed by atoms with Gasteiger partial charge >= 0.3 is 0 Å². The van der Waals surface area contributed by atoms with Crippen LogP contribution in [0.2, 0.25) is 19.6 Å². The summed E-state index contributed by atoms with van der Waals surface area (Å²) in [5, 5.41) is -0.419. The summed E-state index contributed by atoms with van der Waals surface area (Å²) in [5.41, 5.74) is 0. The molecule has 0 heterocycles. The third kappa shape index (κ3) is 8.14. The Morgan fingerprint density at radius 1 is 1.56 bits per heavy atom. The SMILES string of the molecule is C[Si](C)(C)OCC(=O)Cl. The lowest BCUT2D eigenvalue weighted by molar-refractivity contribution is -0.113. The van der Waals surface area contributed by atoms with Crippen molar-refractivity contribution in [2.75, 3.05) is 6.61 Å². The number of hydrogen-bond donors (Lipinski definition) is 0. The molecule has 4 heteroatoms. The van der Waals surface area contributed by atoms with Crippen LogP contribution in [-0.2, 0) is 9.22 Å². The van der Waals surface area contributed by atoms with Gasteiger partial charge in [-0.1, -0.05) is 0 Å². The third-order valence-electron chi connectivity index (χ3n) is 0.619. The van der Waals surface area contributed by atoms with Gasteiger partial charge in [-0.15, -0.1) is 0 Å². The van der Waals surface area contributed by atoms with E-state index in [-0.39, 0.29) is 6.61 Å². The first-order valence-electron chi connectivity index (χ1n) is 2.74. The Balaban J connectivity index is 3.39. The molecule has 0 fully saturated rings. The zero-order valence-corrected chi connectivity index (χ0v) is 7.66. The van der Waals surface area contributed by atoms with E-state index in [0.29, 0.717) is 0 Å². The lowest BCUT2D eigenvalue weighted by Crippen LogP contribution is -2.27. The minimum absolute atomic E-state index is 0.0529. The van der Waals surface area contributed by atoms with Gasteiger partial charge in [-0.3, -0.25) is 4.79 Å². The van der Waals surface area contributed by atoms with Gasteiger partial charge < -0.3 is 4.43 Å². The zero-order chi connectivity index (χ0) is 7.49. The van der Waals surface area contributed by atoms with Crippen LogP contribution in [0.5, 0.6) is 0 Å². The lowest BCUT2D eigenvalue weighted by Gasteiger charge is -2.14. The van der Waals surface area contributed by atoms with Gasteiger partial charge in [0.2, 0.25) is 5.24 Å². The normalized spacial score (nSPS) is 11.6. The Morgan fingerprint density at radius 2 is 2.00 bits per heavy atom. The molecule has 0 N–H and O–H groups in total. The van der Waals surface area contributed by atoms with Gasteiger partial charge in [0.15, 0.2) is 8.32 Å². The molecule has 0 spiro atoms. The number of hydrogen-bond acceptors (Lipinski definition) is 2. The molecule has 0 bridgehead atoms. The van der Waals surface area contributed by atoms with Gasteiger partial charge in [0, 0.05) is 0 Å². The van der Waals surface area contributed by atoms with Gasteiger partial charge in [-0.05, 0) is 31.2 Å². The van der Waals surface area contributed by atoms with Gasteiger partial charge in [0.1, 0.15) is 6.61 Å². The second-order valence-electron chi connectivity index (χ2n) is 2.76. The monoisotopic (exact) mass is 166 g/mol. The standard InChI is InChI=1S/C5H11ClO2Si/c1-9(2,3)8-4-5(6)7/h4H2,1-3H3. The maximum absolute atomic E-state index is 10.2. The Morgan fingerprint density at radius 3 is 2.11 bits per heavy atom. The largest absolute Gasteiger partial charge is 0.409 e. The van der Waals surface area contributed by atoms with Crippen LogP contribution in [0.4, 0.5) is 0 Å². The number of carbonyl (C=O) groups excluding carboxylic acids is 1. The second-order valence-corrected chi connectivity index (χ2v) is 7.69. The molecule has 0 aromatic rings. The molecule has 0 amide bonds. The van der Waals surface area contributed by atoms with E-state index in [0.717, 1.165) is 0 Å². The highest BCUT2D eigenvalue weighted by atomic mass is 35.5. The Bertz CT molecular complexity index is 108. The van der Waals surface area contributed by atoms with E-state index in [4.69, 9.17) is 16.0 Å². The molecule has 0 atom stereocenters. The van der Waals surface area contributed by atoms with Crippen LogP contribution in [0.3, 0.4) is 0 Å². The topological polar surface area (TPSA) is 26.3 Å². The fraction of sp³-hybridized carbons (Fsp3) is 0.800. The lowest BCUT2D eigenvalue weighted by atomic mass is 10.8. The Kier molecular flexibility index (Phi) is 3.39. The smallest absolute Gasteiger partial charge is 0.246 e. The molecule has 0 aliphatic heterocycles. The quantitative estimate of drug-likeness (QED) is 0.471. The third-order valence-corrected chi connectivity index (χ3v) is 1.74. The van der Waals surface area contributed by atoms with Crippen molar-refractivity contribution >= 4 is 25.2 Å². The van der Waals surface area contributed by atoms with Crippen LogP contribution in [0, 0.1) is 0 Å². The highest BCUT2D eigenvalue weighted by molar-refractivity contribution is 6.70.